The fraction of sp³-hybridized carbons (Fsp3) is 0.583. The molecule has 5 heteroatoms. The number of amides is 1. The van der Waals surface area contributed by atoms with Gasteiger partial charge >= 0.3 is 0 Å². The first kappa shape index (κ1) is 14.2. The molecule has 2 atom stereocenters. The second-order valence-corrected chi connectivity index (χ2v) is 5.25. The lowest BCUT2D eigenvalue weighted by Crippen LogP contribution is -2.43. The van der Waals surface area contributed by atoms with Gasteiger partial charge in [-0.05, 0) is 37.4 Å². The number of carbonyl (C=O) groups excluding carboxylic acids is 1. The van der Waals surface area contributed by atoms with Gasteiger partial charge in [-0.3, -0.25) is 9.69 Å². The van der Waals surface area contributed by atoms with E-state index in [2.05, 4.69) is 18.4 Å². The van der Waals surface area contributed by atoms with Gasteiger partial charge in [-0.25, -0.2) is 0 Å². The Kier molecular flexibility index (Phi) is 5.11. The van der Waals surface area contributed by atoms with Crippen molar-refractivity contribution >= 4 is 17.2 Å². The van der Waals surface area contributed by atoms with Crippen molar-refractivity contribution in [2.24, 2.45) is 11.5 Å². The molecule has 17 heavy (non-hydrogen) atoms. The molecule has 0 aromatic carbocycles. The van der Waals surface area contributed by atoms with Crippen molar-refractivity contribution in [2.45, 2.75) is 32.9 Å². The van der Waals surface area contributed by atoms with E-state index in [0.29, 0.717) is 0 Å². The lowest BCUT2D eigenvalue weighted by molar-refractivity contribution is -0.119. The van der Waals surface area contributed by atoms with Gasteiger partial charge in [0.15, 0.2) is 0 Å². The summed E-state index contributed by atoms with van der Waals surface area (Å²) >= 11 is 1.68. The summed E-state index contributed by atoms with van der Waals surface area (Å²) in [5.41, 5.74) is 12.6. The maximum Gasteiger partial charge on any atom is 0.231 e. The highest BCUT2D eigenvalue weighted by Crippen LogP contribution is 2.30. The van der Waals surface area contributed by atoms with Gasteiger partial charge < -0.3 is 11.5 Å². The second kappa shape index (κ2) is 6.14. The number of likely N-dealkylation sites (N-methyl/N-ethyl adjacent to an activating group) is 1. The maximum absolute atomic E-state index is 11.1. The fourth-order valence-corrected chi connectivity index (χ4v) is 3.21. The summed E-state index contributed by atoms with van der Waals surface area (Å²) in [5, 5.41) is 2.05. The van der Waals surface area contributed by atoms with Crippen LogP contribution in [0.5, 0.6) is 0 Å². The van der Waals surface area contributed by atoms with Crippen molar-refractivity contribution in [3.05, 3.63) is 21.9 Å². The van der Waals surface area contributed by atoms with Crippen molar-refractivity contribution in [3.63, 3.8) is 0 Å². The van der Waals surface area contributed by atoms with Crippen LogP contribution in [0.4, 0.5) is 0 Å². The third-order valence-corrected chi connectivity index (χ3v) is 3.92. The van der Waals surface area contributed by atoms with E-state index >= 15 is 0 Å². The van der Waals surface area contributed by atoms with Crippen LogP contribution in [0.15, 0.2) is 11.4 Å². The molecule has 1 rings (SSSR count). The van der Waals surface area contributed by atoms with Crippen LogP contribution in [0, 0.1) is 6.92 Å². The van der Waals surface area contributed by atoms with Crippen LogP contribution in [0.1, 0.15) is 30.3 Å². The Morgan fingerprint density at radius 3 is 2.59 bits per heavy atom. The van der Waals surface area contributed by atoms with Gasteiger partial charge in [0.2, 0.25) is 5.91 Å². The van der Waals surface area contributed by atoms with Crippen molar-refractivity contribution in [1.82, 2.24) is 4.90 Å². The normalized spacial score (nSPS) is 14.9. The molecule has 0 fully saturated rings. The third-order valence-electron chi connectivity index (χ3n) is 2.83. The summed E-state index contributed by atoms with van der Waals surface area (Å²) in [6.45, 7) is 7.06. The molecule has 1 aromatic heterocycles. The van der Waals surface area contributed by atoms with Crippen LogP contribution in [-0.4, -0.2) is 29.9 Å². The maximum atomic E-state index is 11.1. The molecule has 4 N–H and O–H groups in total. The van der Waals surface area contributed by atoms with Crippen molar-refractivity contribution in [1.29, 1.82) is 0 Å². The van der Waals surface area contributed by atoms with E-state index < -0.39 is 0 Å². The van der Waals surface area contributed by atoms with E-state index in [0.717, 1.165) is 6.54 Å². The number of hydrogen-bond acceptors (Lipinski definition) is 4. The summed E-state index contributed by atoms with van der Waals surface area (Å²) in [7, 11) is 0. The molecule has 2 unspecified atom stereocenters. The van der Waals surface area contributed by atoms with Gasteiger partial charge in [-0.15, -0.1) is 11.3 Å². The molecular formula is C12H21N3OS. The summed E-state index contributed by atoms with van der Waals surface area (Å²) in [6.07, 6.45) is 0. The summed E-state index contributed by atoms with van der Waals surface area (Å²) in [6, 6.07) is 2.10. The number of hydrogen-bond donors (Lipinski definition) is 2. The van der Waals surface area contributed by atoms with Crippen LogP contribution < -0.4 is 11.5 Å². The monoisotopic (exact) mass is 255 g/mol. The van der Waals surface area contributed by atoms with Crippen LogP contribution in [0.25, 0.3) is 0 Å². The minimum Gasteiger partial charge on any atom is -0.369 e. The van der Waals surface area contributed by atoms with E-state index in [1.165, 1.54) is 10.4 Å². The average molecular weight is 255 g/mol. The molecule has 0 radical (unpaired) electrons. The zero-order valence-corrected chi connectivity index (χ0v) is 11.5. The van der Waals surface area contributed by atoms with Gasteiger partial charge in [0.05, 0.1) is 12.6 Å². The molecule has 0 aliphatic heterocycles. The van der Waals surface area contributed by atoms with Crippen LogP contribution in [0.2, 0.25) is 0 Å². The van der Waals surface area contributed by atoms with E-state index in [9.17, 15) is 4.79 Å². The highest BCUT2D eigenvalue weighted by molar-refractivity contribution is 7.10. The molecule has 0 bridgehead atoms. The van der Waals surface area contributed by atoms with Gasteiger partial charge in [0, 0.05) is 10.9 Å². The predicted octanol–water partition coefficient (Wildman–Crippen LogP) is 1.25. The third kappa shape index (κ3) is 3.52. The van der Waals surface area contributed by atoms with Crippen LogP contribution in [0.3, 0.4) is 0 Å². The Hall–Kier alpha value is -0.910. The number of thiophene rings is 1. The Bertz CT molecular complexity index is 376. The minimum absolute atomic E-state index is 0.0355. The number of nitrogens with zero attached hydrogens (tertiary/aromatic N) is 1. The molecule has 0 saturated carbocycles. The molecule has 1 amide bonds. The van der Waals surface area contributed by atoms with E-state index in [4.69, 9.17) is 11.5 Å². The molecule has 96 valence electrons. The molecule has 1 heterocycles. The molecular weight excluding hydrogens is 234 g/mol. The fourth-order valence-electron chi connectivity index (χ4n) is 2.03. The first-order chi connectivity index (χ1) is 7.97. The number of nitrogens with two attached hydrogens (primary N) is 2. The minimum atomic E-state index is -0.313. The highest BCUT2D eigenvalue weighted by Gasteiger charge is 2.26. The van der Waals surface area contributed by atoms with Crippen molar-refractivity contribution in [3.8, 4) is 0 Å². The number of carbonyl (C=O) groups is 1. The summed E-state index contributed by atoms with van der Waals surface area (Å²) < 4.78 is 0. The smallest absolute Gasteiger partial charge is 0.231 e. The van der Waals surface area contributed by atoms with Crippen LogP contribution in [-0.2, 0) is 4.79 Å². The molecule has 0 saturated heterocycles. The summed E-state index contributed by atoms with van der Waals surface area (Å²) in [4.78, 5) is 14.4. The first-order valence-electron chi connectivity index (χ1n) is 5.79. The largest absolute Gasteiger partial charge is 0.369 e. The molecule has 0 aliphatic carbocycles. The van der Waals surface area contributed by atoms with Crippen molar-refractivity contribution < 1.29 is 4.79 Å². The Labute approximate surface area is 107 Å². The lowest BCUT2D eigenvalue weighted by atomic mass is 10.0. The average Bonchev–Trinajstić information content (AvgIpc) is 2.63. The molecule has 1 aromatic rings. The van der Waals surface area contributed by atoms with E-state index in [1.54, 1.807) is 11.3 Å². The van der Waals surface area contributed by atoms with Gasteiger partial charge in [0.1, 0.15) is 0 Å². The number of primary amides is 1. The molecule has 0 aliphatic rings. The zero-order chi connectivity index (χ0) is 13.0. The highest BCUT2D eigenvalue weighted by atomic mass is 32.1. The topological polar surface area (TPSA) is 72.3 Å². The summed E-state index contributed by atoms with van der Waals surface area (Å²) in [5.74, 6) is -0.313. The van der Waals surface area contributed by atoms with Gasteiger partial charge in [0.25, 0.3) is 0 Å². The van der Waals surface area contributed by atoms with E-state index in [-0.39, 0.29) is 24.5 Å². The van der Waals surface area contributed by atoms with Crippen LogP contribution >= 0.6 is 11.3 Å². The SMILES string of the molecule is CCN(CC(N)=O)C(c1sccc1C)C(C)N. The van der Waals surface area contributed by atoms with Crippen molar-refractivity contribution in [2.75, 3.05) is 13.1 Å². The van der Waals surface area contributed by atoms with E-state index in [1.807, 2.05) is 18.7 Å². The van der Waals surface area contributed by atoms with Gasteiger partial charge in [-0.2, -0.15) is 0 Å². The Morgan fingerprint density at radius 2 is 2.24 bits per heavy atom. The predicted molar refractivity (Wildman–Crippen MR) is 71.9 cm³/mol. The number of aryl methyl sites for hydroxylation is 1. The van der Waals surface area contributed by atoms with Gasteiger partial charge in [-0.1, -0.05) is 6.92 Å². The zero-order valence-electron chi connectivity index (χ0n) is 10.6. The lowest BCUT2D eigenvalue weighted by Gasteiger charge is -2.32. The molecule has 0 spiro atoms. The molecule has 4 nitrogen and oxygen atoms in total. The standard InChI is InChI=1S/C12H21N3OS/c1-4-15(7-10(14)16)11(9(3)13)12-8(2)5-6-17-12/h5-6,9,11H,4,7,13H2,1-3H3,(H2,14,16). The Morgan fingerprint density at radius 1 is 1.59 bits per heavy atom. The second-order valence-electron chi connectivity index (χ2n) is 4.30. The Balaban J connectivity index is 2.99. The quantitative estimate of drug-likeness (QED) is 0.803. The number of rotatable bonds is 6. The first-order valence-corrected chi connectivity index (χ1v) is 6.67.